The summed E-state index contributed by atoms with van der Waals surface area (Å²) in [6, 6.07) is 6.53. The van der Waals surface area contributed by atoms with Crippen LogP contribution in [0.25, 0.3) is 16.5 Å². The van der Waals surface area contributed by atoms with Gasteiger partial charge >= 0.3 is 6.18 Å². The molecule has 3 heterocycles. The number of aromatic nitrogens is 4. The van der Waals surface area contributed by atoms with Crippen LogP contribution >= 0.6 is 0 Å². The SMILES string of the molecule is Cc1cc(-n2cc3c(N[C@H](C)c4cccc(C(F)(F)F)c4F)nn(C)c(=O)c3cc2=O)ccn1. The zero-order valence-electron chi connectivity index (χ0n) is 18.3. The smallest absolute Gasteiger partial charge is 0.361 e. The summed E-state index contributed by atoms with van der Waals surface area (Å²) >= 11 is 0. The van der Waals surface area contributed by atoms with Gasteiger partial charge in [0.05, 0.1) is 22.7 Å². The first-order chi connectivity index (χ1) is 16.0. The Kier molecular flexibility index (Phi) is 5.72. The predicted molar refractivity (Wildman–Crippen MR) is 119 cm³/mol. The van der Waals surface area contributed by atoms with Crippen molar-refractivity contribution in [2.75, 3.05) is 5.32 Å². The minimum atomic E-state index is -4.85. The van der Waals surface area contributed by atoms with Crippen molar-refractivity contribution in [2.24, 2.45) is 7.05 Å². The van der Waals surface area contributed by atoms with E-state index >= 15 is 0 Å². The summed E-state index contributed by atoms with van der Waals surface area (Å²) in [5.74, 6) is -1.30. The van der Waals surface area contributed by atoms with Gasteiger partial charge in [0.2, 0.25) is 0 Å². The number of rotatable bonds is 4. The fourth-order valence-electron chi connectivity index (χ4n) is 3.70. The molecule has 0 fully saturated rings. The highest BCUT2D eigenvalue weighted by atomic mass is 19.4. The van der Waals surface area contributed by atoms with Crippen LogP contribution in [0.2, 0.25) is 0 Å². The number of aryl methyl sites for hydroxylation is 2. The van der Waals surface area contributed by atoms with Crippen LogP contribution in [0.3, 0.4) is 0 Å². The molecule has 3 aromatic heterocycles. The third kappa shape index (κ3) is 4.16. The number of hydrogen-bond acceptors (Lipinski definition) is 5. The van der Waals surface area contributed by atoms with Crippen molar-refractivity contribution in [3.63, 3.8) is 0 Å². The normalized spacial score (nSPS) is 12.7. The van der Waals surface area contributed by atoms with Crippen molar-refractivity contribution in [2.45, 2.75) is 26.1 Å². The number of alkyl halides is 3. The average Bonchev–Trinajstić information content (AvgIpc) is 2.76. The minimum Gasteiger partial charge on any atom is -0.361 e. The maximum Gasteiger partial charge on any atom is 0.419 e. The van der Waals surface area contributed by atoms with E-state index in [1.807, 2.05) is 0 Å². The molecule has 1 N–H and O–H groups in total. The number of pyridine rings is 2. The van der Waals surface area contributed by atoms with Crippen LogP contribution in [0, 0.1) is 12.7 Å². The first kappa shape index (κ1) is 23.1. The topological polar surface area (TPSA) is 81.8 Å². The molecule has 1 atom stereocenters. The molecule has 0 bridgehead atoms. The highest BCUT2D eigenvalue weighted by Gasteiger charge is 2.35. The molecule has 0 amide bonds. The molecule has 0 aliphatic rings. The molecule has 0 saturated carbocycles. The third-order valence-corrected chi connectivity index (χ3v) is 5.40. The van der Waals surface area contributed by atoms with E-state index in [-0.39, 0.29) is 22.2 Å². The van der Waals surface area contributed by atoms with Crippen molar-refractivity contribution in [1.29, 1.82) is 0 Å². The lowest BCUT2D eigenvalue weighted by molar-refractivity contribution is -0.140. The number of hydrogen-bond donors (Lipinski definition) is 1. The zero-order chi connectivity index (χ0) is 24.8. The Bertz CT molecular complexity index is 1530. The quantitative estimate of drug-likeness (QED) is 0.451. The molecule has 7 nitrogen and oxygen atoms in total. The van der Waals surface area contributed by atoms with Crippen LogP contribution in [0.1, 0.15) is 29.8 Å². The van der Waals surface area contributed by atoms with Crippen LogP contribution in [-0.2, 0) is 13.2 Å². The second-order valence-electron chi connectivity index (χ2n) is 7.81. The van der Waals surface area contributed by atoms with Gasteiger partial charge in [-0.25, -0.2) is 9.07 Å². The summed E-state index contributed by atoms with van der Waals surface area (Å²) in [6.07, 6.45) is -1.90. The molecule has 1 aromatic carbocycles. The van der Waals surface area contributed by atoms with E-state index in [0.29, 0.717) is 17.4 Å². The summed E-state index contributed by atoms with van der Waals surface area (Å²) in [5, 5.41) is 7.37. The molecular formula is C23H19F4N5O2. The van der Waals surface area contributed by atoms with E-state index in [2.05, 4.69) is 15.4 Å². The predicted octanol–water partition coefficient (Wildman–Crippen LogP) is 4.12. The van der Waals surface area contributed by atoms with E-state index < -0.39 is 34.7 Å². The van der Waals surface area contributed by atoms with Gasteiger partial charge < -0.3 is 5.32 Å². The van der Waals surface area contributed by atoms with E-state index in [0.717, 1.165) is 16.8 Å². The molecule has 11 heteroatoms. The summed E-state index contributed by atoms with van der Waals surface area (Å²) in [7, 11) is 1.38. The van der Waals surface area contributed by atoms with Crippen LogP contribution in [0.5, 0.6) is 0 Å². The highest BCUT2D eigenvalue weighted by Crippen LogP contribution is 2.34. The largest absolute Gasteiger partial charge is 0.419 e. The first-order valence-electron chi connectivity index (χ1n) is 10.2. The van der Waals surface area contributed by atoms with Crippen molar-refractivity contribution >= 4 is 16.6 Å². The number of nitrogens with zero attached hydrogens (tertiary/aromatic N) is 4. The molecule has 4 aromatic rings. The van der Waals surface area contributed by atoms with Gasteiger partial charge in [-0.2, -0.15) is 18.3 Å². The van der Waals surface area contributed by atoms with Crippen LogP contribution in [0.15, 0.2) is 58.4 Å². The summed E-state index contributed by atoms with van der Waals surface area (Å²) in [6.45, 7) is 3.23. The fourth-order valence-corrected chi connectivity index (χ4v) is 3.70. The molecule has 176 valence electrons. The van der Waals surface area contributed by atoms with Gasteiger partial charge in [-0.15, -0.1) is 0 Å². The van der Waals surface area contributed by atoms with Gasteiger partial charge in [-0.1, -0.05) is 12.1 Å². The van der Waals surface area contributed by atoms with Crippen molar-refractivity contribution in [3.05, 3.63) is 92.1 Å². The Balaban J connectivity index is 1.86. The average molecular weight is 473 g/mol. The zero-order valence-corrected chi connectivity index (χ0v) is 18.3. The lowest BCUT2D eigenvalue weighted by Gasteiger charge is -2.19. The second kappa shape index (κ2) is 8.40. The van der Waals surface area contributed by atoms with Crippen LogP contribution in [-0.4, -0.2) is 19.3 Å². The van der Waals surface area contributed by atoms with Crippen LogP contribution < -0.4 is 16.4 Å². The number of benzene rings is 1. The van der Waals surface area contributed by atoms with E-state index in [9.17, 15) is 27.2 Å². The van der Waals surface area contributed by atoms with Crippen molar-refractivity contribution < 1.29 is 17.6 Å². The minimum absolute atomic E-state index is 0.0590. The van der Waals surface area contributed by atoms with Gasteiger partial charge in [0.25, 0.3) is 11.1 Å². The number of nitrogens with one attached hydrogen (secondary N) is 1. The van der Waals surface area contributed by atoms with Crippen molar-refractivity contribution in [3.8, 4) is 5.69 Å². The lowest BCUT2D eigenvalue weighted by atomic mass is 10.0. The Labute approximate surface area is 190 Å². The lowest BCUT2D eigenvalue weighted by Crippen LogP contribution is -2.26. The van der Waals surface area contributed by atoms with Gasteiger partial charge in [0.15, 0.2) is 5.82 Å². The maximum absolute atomic E-state index is 14.7. The summed E-state index contributed by atoms with van der Waals surface area (Å²) in [4.78, 5) is 29.5. The maximum atomic E-state index is 14.7. The molecule has 0 spiro atoms. The van der Waals surface area contributed by atoms with Gasteiger partial charge in [-0.3, -0.25) is 19.1 Å². The molecule has 0 radical (unpaired) electrons. The molecular weight excluding hydrogens is 454 g/mol. The third-order valence-electron chi connectivity index (χ3n) is 5.40. The molecule has 0 saturated heterocycles. The number of fused-ring (bicyclic) bond motifs is 1. The van der Waals surface area contributed by atoms with Gasteiger partial charge in [0.1, 0.15) is 5.82 Å². The van der Waals surface area contributed by atoms with E-state index in [1.165, 1.54) is 37.0 Å². The summed E-state index contributed by atoms with van der Waals surface area (Å²) < 4.78 is 56.4. The highest BCUT2D eigenvalue weighted by molar-refractivity contribution is 5.90. The van der Waals surface area contributed by atoms with Gasteiger partial charge in [0, 0.05) is 42.2 Å². The standard InChI is InChI=1S/C23H19F4N5O2/c1-12-9-14(7-8-28-12)32-11-17-16(10-19(32)33)22(34)31(3)30-21(17)29-13(2)15-5-4-6-18(20(15)24)23(25,26)27/h4-11,13H,1-3H3,(H,29,30)/t13-/m1/s1. The summed E-state index contributed by atoms with van der Waals surface area (Å²) in [5.41, 5.74) is -1.44. The number of halogens is 4. The molecule has 4 rings (SSSR count). The second-order valence-corrected chi connectivity index (χ2v) is 7.81. The van der Waals surface area contributed by atoms with E-state index in [4.69, 9.17) is 0 Å². The Morgan fingerprint density at radius 1 is 1.09 bits per heavy atom. The Morgan fingerprint density at radius 2 is 1.82 bits per heavy atom. The van der Waals surface area contributed by atoms with Crippen molar-refractivity contribution in [1.82, 2.24) is 19.3 Å². The number of anilines is 1. The molecule has 0 aliphatic heterocycles. The molecule has 0 aliphatic carbocycles. The fraction of sp³-hybridized carbons (Fsp3) is 0.217. The van der Waals surface area contributed by atoms with Crippen LogP contribution in [0.4, 0.5) is 23.4 Å². The Hall–Kier alpha value is -4.02. The first-order valence-corrected chi connectivity index (χ1v) is 10.2. The van der Waals surface area contributed by atoms with Gasteiger partial charge in [-0.05, 0) is 32.0 Å². The Morgan fingerprint density at radius 3 is 2.50 bits per heavy atom. The molecule has 34 heavy (non-hydrogen) atoms. The van der Waals surface area contributed by atoms with E-state index in [1.54, 1.807) is 19.1 Å². The molecule has 0 unspecified atom stereocenters. The monoisotopic (exact) mass is 473 g/mol.